The highest BCUT2D eigenvalue weighted by molar-refractivity contribution is 9.09. The molecule has 0 aromatic heterocycles. The van der Waals surface area contributed by atoms with Crippen molar-refractivity contribution >= 4 is 15.9 Å². The zero-order chi connectivity index (χ0) is 8.69. The van der Waals surface area contributed by atoms with Gasteiger partial charge in [0.05, 0.1) is 11.4 Å². The number of likely N-dealkylation sites (N-methyl/N-ethyl adjacent to an activating group) is 1. The van der Waals surface area contributed by atoms with Crippen molar-refractivity contribution in [3.05, 3.63) is 12.7 Å². The van der Waals surface area contributed by atoms with Gasteiger partial charge in [0.15, 0.2) is 0 Å². The van der Waals surface area contributed by atoms with Crippen LogP contribution in [0.15, 0.2) is 12.7 Å². The first-order valence-corrected chi connectivity index (χ1v) is 4.54. The summed E-state index contributed by atoms with van der Waals surface area (Å²) < 4.78 is 4.98. The van der Waals surface area contributed by atoms with Crippen molar-refractivity contribution in [2.75, 3.05) is 33.9 Å². The summed E-state index contributed by atoms with van der Waals surface area (Å²) in [6.45, 7) is 6.33. The van der Waals surface area contributed by atoms with Crippen LogP contribution in [0.4, 0.5) is 0 Å². The maximum atomic E-state index is 4.98. The average molecular weight is 222 g/mol. The Morgan fingerprint density at radius 2 is 2.36 bits per heavy atom. The number of halogens is 1. The predicted octanol–water partition coefficient (Wildman–Crippen LogP) is 1.51. The van der Waals surface area contributed by atoms with Gasteiger partial charge in [-0.05, 0) is 7.05 Å². The second-order valence-electron chi connectivity index (χ2n) is 2.56. The summed E-state index contributed by atoms with van der Waals surface area (Å²) in [5, 5.41) is 0. The van der Waals surface area contributed by atoms with Gasteiger partial charge in [0.25, 0.3) is 0 Å². The summed E-state index contributed by atoms with van der Waals surface area (Å²) in [6, 6.07) is 0. The fraction of sp³-hybridized carbons (Fsp3) is 0.750. The third-order valence-corrected chi connectivity index (χ3v) is 1.85. The number of hydrogen-bond acceptors (Lipinski definition) is 2. The number of nitrogens with zero attached hydrogens (tertiary/aromatic N) is 1. The van der Waals surface area contributed by atoms with Gasteiger partial charge in [-0.25, -0.2) is 0 Å². The van der Waals surface area contributed by atoms with E-state index < -0.39 is 0 Å². The molecule has 0 aliphatic carbocycles. The molecule has 0 saturated heterocycles. The lowest BCUT2D eigenvalue weighted by Gasteiger charge is -2.17. The van der Waals surface area contributed by atoms with Crippen LogP contribution in [0.1, 0.15) is 0 Å². The molecule has 1 unspecified atom stereocenters. The summed E-state index contributed by atoms with van der Waals surface area (Å²) in [4.78, 5) is 2.60. The summed E-state index contributed by atoms with van der Waals surface area (Å²) in [6.07, 6.45) is 1.90. The molecule has 0 fully saturated rings. The smallest absolute Gasteiger partial charge is 0.0600 e. The number of ether oxygens (including phenoxy) is 1. The van der Waals surface area contributed by atoms with E-state index >= 15 is 0 Å². The molecule has 0 radical (unpaired) electrons. The van der Waals surface area contributed by atoms with Gasteiger partial charge in [0, 0.05) is 20.2 Å². The Bertz CT molecular complexity index is 108. The van der Waals surface area contributed by atoms with Crippen LogP contribution in [-0.2, 0) is 4.74 Å². The van der Waals surface area contributed by atoms with Gasteiger partial charge in [0.1, 0.15) is 0 Å². The van der Waals surface area contributed by atoms with Crippen molar-refractivity contribution in [3.63, 3.8) is 0 Å². The molecule has 0 saturated carbocycles. The molecule has 0 amide bonds. The van der Waals surface area contributed by atoms with Crippen molar-refractivity contribution in [1.82, 2.24) is 4.90 Å². The molecule has 3 heteroatoms. The lowest BCUT2D eigenvalue weighted by atomic mass is 10.4. The van der Waals surface area contributed by atoms with Crippen molar-refractivity contribution in [2.45, 2.75) is 4.83 Å². The Morgan fingerprint density at radius 3 is 2.82 bits per heavy atom. The normalized spacial score (nSPS) is 13.5. The Labute approximate surface area is 77.3 Å². The standard InChI is InChI=1S/C8H16BrNO/c1-4-5-10(2)6-8(9)7-11-3/h4,8H,1,5-7H2,2-3H3. The minimum absolute atomic E-state index is 0.414. The molecular weight excluding hydrogens is 206 g/mol. The van der Waals surface area contributed by atoms with Crippen molar-refractivity contribution in [1.29, 1.82) is 0 Å². The molecule has 0 aliphatic rings. The highest BCUT2D eigenvalue weighted by atomic mass is 79.9. The van der Waals surface area contributed by atoms with E-state index in [0.717, 1.165) is 19.7 Å². The molecular formula is C8H16BrNO. The summed E-state index contributed by atoms with van der Waals surface area (Å²) in [7, 11) is 3.77. The minimum Gasteiger partial charge on any atom is -0.383 e. The van der Waals surface area contributed by atoms with E-state index in [2.05, 4.69) is 34.5 Å². The molecule has 2 nitrogen and oxygen atoms in total. The predicted molar refractivity (Wildman–Crippen MR) is 52.3 cm³/mol. The number of alkyl halides is 1. The first-order valence-electron chi connectivity index (χ1n) is 3.63. The van der Waals surface area contributed by atoms with E-state index in [1.54, 1.807) is 7.11 Å². The van der Waals surface area contributed by atoms with Crippen LogP contribution in [0.5, 0.6) is 0 Å². The fourth-order valence-corrected chi connectivity index (χ4v) is 1.63. The van der Waals surface area contributed by atoms with Crippen LogP contribution >= 0.6 is 15.9 Å². The highest BCUT2D eigenvalue weighted by Gasteiger charge is 2.05. The van der Waals surface area contributed by atoms with Gasteiger partial charge in [-0.1, -0.05) is 22.0 Å². The third kappa shape index (κ3) is 6.53. The maximum Gasteiger partial charge on any atom is 0.0600 e. The van der Waals surface area contributed by atoms with E-state index in [0.29, 0.717) is 4.83 Å². The zero-order valence-corrected chi connectivity index (χ0v) is 8.80. The lowest BCUT2D eigenvalue weighted by molar-refractivity contribution is 0.188. The molecule has 11 heavy (non-hydrogen) atoms. The quantitative estimate of drug-likeness (QED) is 0.499. The Morgan fingerprint density at radius 1 is 1.73 bits per heavy atom. The number of methoxy groups -OCH3 is 1. The second kappa shape index (κ2) is 6.83. The zero-order valence-electron chi connectivity index (χ0n) is 7.22. The van der Waals surface area contributed by atoms with Crippen LogP contribution in [-0.4, -0.2) is 43.6 Å². The monoisotopic (exact) mass is 221 g/mol. The van der Waals surface area contributed by atoms with E-state index in [1.807, 2.05) is 6.08 Å². The van der Waals surface area contributed by atoms with Gasteiger partial charge >= 0.3 is 0 Å². The largest absolute Gasteiger partial charge is 0.383 e. The van der Waals surface area contributed by atoms with Crippen LogP contribution in [0.3, 0.4) is 0 Å². The van der Waals surface area contributed by atoms with E-state index in [4.69, 9.17) is 4.74 Å². The van der Waals surface area contributed by atoms with Gasteiger partial charge in [-0.15, -0.1) is 6.58 Å². The van der Waals surface area contributed by atoms with Crippen LogP contribution < -0.4 is 0 Å². The minimum atomic E-state index is 0.414. The molecule has 0 N–H and O–H groups in total. The molecule has 66 valence electrons. The van der Waals surface area contributed by atoms with E-state index in [9.17, 15) is 0 Å². The summed E-state index contributed by atoms with van der Waals surface area (Å²) in [5.74, 6) is 0. The molecule has 0 spiro atoms. The molecule has 0 aromatic rings. The molecule has 0 heterocycles. The maximum absolute atomic E-state index is 4.98. The summed E-state index contributed by atoms with van der Waals surface area (Å²) in [5.41, 5.74) is 0. The Balaban J connectivity index is 3.39. The SMILES string of the molecule is C=CCN(C)CC(Br)COC. The number of hydrogen-bond donors (Lipinski definition) is 0. The van der Waals surface area contributed by atoms with Gasteiger partial charge in [-0.2, -0.15) is 0 Å². The van der Waals surface area contributed by atoms with Crippen LogP contribution in [0.2, 0.25) is 0 Å². The van der Waals surface area contributed by atoms with Crippen LogP contribution in [0, 0.1) is 0 Å². The molecule has 0 aromatic carbocycles. The molecule has 1 atom stereocenters. The number of rotatable bonds is 6. The summed E-state index contributed by atoms with van der Waals surface area (Å²) >= 11 is 3.51. The van der Waals surface area contributed by atoms with Crippen molar-refractivity contribution in [2.24, 2.45) is 0 Å². The van der Waals surface area contributed by atoms with E-state index in [-0.39, 0.29) is 0 Å². The first kappa shape index (κ1) is 11.1. The van der Waals surface area contributed by atoms with Crippen LogP contribution in [0.25, 0.3) is 0 Å². The molecule has 0 bridgehead atoms. The van der Waals surface area contributed by atoms with Crippen molar-refractivity contribution in [3.8, 4) is 0 Å². The topological polar surface area (TPSA) is 12.5 Å². The van der Waals surface area contributed by atoms with Gasteiger partial charge in [0.2, 0.25) is 0 Å². The van der Waals surface area contributed by atoms with Gasteiger partial charge < -0.3 is 9.64 Å². The molecule has 0 aliphatic heterocycles. The van der Waals surface area contributed by atoms with Crippen molar-refractivity contribution < 1.29 is 4.74 Å². The van der Waals surface area contributed by atoms with E-state index in [1.165, 1.54) is 0 Å². The second-order valence-corrected chi connectivity index (χ2v) is 3.86. The third-order valence-electron chi connectivity index (χ3n) is 1.30. The lowest BCUT2D eigenvalue weighted by Crippen LogP contribution is -2.28. The highest BCUT2D eigenvalue weighted by Crippen LogP contribution is 2.01. The van der Waals surface area contributed by atoms with Gasteiger partial charge in [-0.3, -0.25) is 0 Å². The average Bonchev–Trinajstić information content (AvgIpc) is 1.87. The first-order chi connectivity index (χ1) is 5.20. The Hall–Kier alpha value is 0.140. The fourth-order valence-electron chi connectivity index (χ4n) is 0.867. The Kier molecular flexibility index (Phi) is 6.91. The molecule has 0 rings (SSSR count).